The molecule has 0 bridgehead atoms. The highest BCUT2D eigenvalue weighted by molar-refractivity contribution is 5.29. The molecule has 2 fully saturated rings. The van der Waals surface area contributed by atoms with E-state index in [-0.39, 0.29) is 6.10 Å². The fourth-order valence-corrected chi connectivity index (χ4v) is 4.10. The van der Waals surface area contributed by atoms with Gasteiger partial charge in [-0.15, -0.1) is 0 Å². The maximum atomic E-state index is 10.2. The number of nitrogens with zero attached hydrogens (tertiary/aromatic N) is 1. The predicted octanol–water partition coefficient (Wildman–Crippen LogP) is 3.48. The number of aliphatic hydroxyl groups excluding tert-OH is 1. The number of benzene rings is 1. The van der Waals surface area contributed by atoms with Gasteiger partial charge in [0, 0.05) is 6.04 Å². The smallest absolute Gasteiger partial charge is 0.0695 e. The highest BCUT2D eigenvalue weighted by Gasteiger charge is 2.31. The molecule has 0 unspecified atom stereocenters. The number of hydrogen-bond donors (Lipinski definition) is 1. The van der Waals surface area contributed by atoms with Gasteiger partial charge in [0.15, 0.2) is 0 Å². The standard InChI is InChI=1S/C18H27NO/c1-14-6-2-3-7-16(14)15-10-12-19(13-11-15)17-8-4-5-9-18(17)20/h2-3,6-7,15,17-18,20H,4-5,8-13H2,1H3/t17-,18-/m1/s1. The summed E-state index contributed by atoms with van der Waals surface area (Å²) in [6.07, 6.45) is 7.09. The first-order valence-electron chi connectivity index (χ1n) is 8.23. The van der Waals surface area contributed by atoms with Crippen molar-refractivity contribution in [3.8, 4) is 0 Å². The lowest BCUT2D eigenvalue weighted by atomic mass is 9.84. The Kier molecular flexibility index (Phi) is 4.42. The first-order valence-corrected chi connectivity index (χ1v) is 8.23. The maximum absolute atomic E-state index is 10.2. The molecule has 20 heavy (non-hydrogen) atoms. The summed E-state index contributed by atoms with van der Waals surface area (Å²) in [6, 6.07) is 9.26. The summed E-state index contributed by atoms with van der Waals surface area (Å²) >= 11 is 0. The minimum Gasteiger partial charge on any atom is -0.391 e. The molecule has 0 radical (unpaired) electrons. The van der Waals surface area contributed by atoms with Crippen molar-refractivity contribution in [3.05, 3.63) is 35.4 Å². The Morgan fingerprint density at radius 2 is 1.70 bits per heavy atom. The predicted molar refractivity (Wildman–Crippen MR) is 83.0 cm³/mol. The largest absolute Gasteiger partial charge is 0.391 e. The third kappa shape index (κ3) is 2.91. The fraction of sp³-hybridized carbons (Fsp3) is 0.667. The van der Waals surface area contributed by atoms with Gasteiger partial charge in [-0.1, -0.05) is 37.1 Å². The van der Waals surface area contributed by atoms with E-state index in [4.69, 9.17) is 0 Å². The summed E-state index contributed by atoms with van der Waals surface area (Å²) in [5, 5.41) is 10.2. The Labute approximate surface area is 122 Å². The molecule has 2 aliphatic rings. The van der Waals surface area contributed by atoms with Crippen LogP contribution in [0.2, 0.25) is 0 Å². The van der Waals surface area contributed by atoms with Crippen molar-refractivity contribution in [2.24, 2.45) is 0 Å². The van der Waals surface area contributed by atoms with Gasteiger partial charge in [-0.3, -0.25) is 4.90 Å². The summed E-state index contributed by atoms with van der Waals surface area (Å²) in [6.45, 7) is 4.54. The van der Waals surface area contributed by atoms with Crippen molar-refractivity contribution in [1.29, 1.82) is 0 Å². The molecule has 1 N–H and O–H groups in total. The highest BCUT2D eigenvalue weighted by Crippen LogP contribution is 2.33. The minimum absolute atomic E-state index is 0.0845. The summed E-state index contributed by atoms with van der Waals surface area (Å²) < 4.78 is 0. The molecule has 2 atom stereocenters. The molecule has 1 saturated carbocycles. The van der Waals surface area contributed by atoms with Gasteiger partial charge in [-0.05, 0) is 62.7 Å². The number of likely N-dealkylation sites (tertiary alicyclic amines) is 1. The van der Waals surface area contributed by atoms with E-state index in [1.165, 1.54) is 43.2 Å². The summed E-state index contributed by atoms with van der Waals surface area (Å²) in [5.74, 6) is 0.716. The van der Waals surface area contributed by atoms with E-state index in [1.807, 2.05) is 0 Å². The molecule has 1 aromatic carbocycles. The average Bonchev–Trinajstić information content (AvgIpc) is 2.49. The second kappa shape index (κ2) is 6.28. The number of piperidine rings is 1. The Hall–Kier alpha value is -0.860. The highest BCUT2D eigenvalue weighted by atomic mass is 16.3. The first-order chi connectivity index (χ1) is 9.75. The van der Waals surface area contributed by atoms with Crippen molar-refractivity contribution >= 4 is 0 Å². The van der Waals surface area contributed by atoms with Gasteiger partial charge in [0.2, 0.25) is 0 Å². The van der Waals surface area contributed by atoms with Crippen molar-refractivity contribution in [2.45, 2.75) is 63.5 Å². The molecule has 2 nitrogen and oxygen atoms in total. The lowest BCUT2D eigenvalue weighted by Gasteiger charge is -2.41. The van der Waals surface area contributed by atoms with E-state index in [2.05, 4.69) is 36.1 Å². The van der Waals surface area contributed by atoms with Crippen LogP contribution >= 0.6 is 0 Å². The zero-order chi connectivity index (χ0) is 13.9. The molecule has 3 rings (SSSR count). The van der Waals surface area contributed by atoms with Crippen molar-refractivity contribution in [2.75, 3.05) is 13.1 Å². The molecular weight excluding hydrogens is 246 g/mol. The Balaban J connectivity index is 1.61. The van der Waals surface area contributed by atoms with Gasteiger partial charge in [0.1, 0.15) is 0 Å². The number of aryl methyl sites for hydroxylation is 1. The molecule has 0 amide bonds. The Morgan fingerprint density at radius 3 is 2.40 bits per heavy atom. The van der Waals surface area contributed by atoms with Gasteiger partial charge in [-0.25, -0.2) is 0 Å². The van der Waals surface area contributed by atoms with Crippen LogP contribution in [0.5, 0.6) is 0 Å². The van der Waals surface area contributed by atoms with Crippen LogP contribution in [0.15, 0.2) is 24.3 Å². The SMILES string of the molecule is Cc1ccccc1C1CCN([C@@H]2CCCC[C@H]2O)CC1. The molecule has 1 saturated heterocycles. The molecule has 110 valence electrons. The summed E-state index contributed by atoms with van der Waals surface area (Å²) in [5.41, 5.74) is 2.97. The van der Waals surface area contributed by atoms with E-state index in [9.17, 15) is 5.11 Å². The van der Waals surface area contributed by atoms with E-state index in [0.29, 0.717) is 12.0 Å². The number of aliphatic hydroxyl groups is 1. The van der Waals surface area contributed by atoms with Crippen molar-refractivity contribution < 1.29 is 5.11 Å². The Bertz CT molecular complexity index is 437. The van der Waals surface area contributed by atoms with E-state index in [0.717, 1.165) is 19.5 Å². The molecule has 1 aliphatic carbocycles. The van der Waals surface area contributed by atoms with Crippen molar-refractivity contribution in [1.82, 2.24) is 4.90 Å². The Morgan fingerprint density at radius 1 is 1.00 bits per heavy atom. The van der Waals surface area contributed by atoms with E-state index < -0.39 is 0 Å². The van der Waals surface area contributed by atoms with Gasteiger partial charge >= 0.3 is 0 Å². The second-order valence-corrected chi connectivity index (χ2v) is 6.59. The van der Waals surface area contributed by atoms with Crippen LogP contribution in [0.25, 0.3) is 0 Å². The van der Waals surface area contributed by atoms with Crippen LogP contribution in [-0.4, -0.2) is 35.2 Å². The molecule has 1 aromatic rings. The maximum Gasteiger partial charge on any atom is 0.0695 e. The fourth-order valence-electron chi connectivity index (χ4n) is 4.10. The van der Waals surface area contributed by atoms with Gasteiger partial charge in [0.25, 0.3) is 0 Å². The lowest BCUT2D eigenvalue weighted by Crippen LogP contribution is -2.48. The van der Waals surface area contributed by atoms with Crippen LogP contribution in [0.3, 0.4) is 0 Å². The summed E-state index contributed by atoms with van der Waals surface area (Å²) in [7, 11) is 0. The molecule has 2 heteroatoms. The van der Waals surface area contributed by atoms with Crippen LogP contribution < -0.4 is 0 Å². The molecule has 1 aliphatic heterocycles. The minimum atomic E-state index is -0.0845. The van der Waals surface area contributed by atoms with Gasteiger partial charge in [0.05, 0.1) is 6.10 Å². The normalized spacial score (nSPS) is 29.5. The molecule has 0 spiro atoms. The second-order valence-electron chi connectivity index (χ2n) is 6.59. The summed E-state index contributed by atoms with van der Waals surface area (Å²) in [4.78, 5) is 2.55. The van der Waals surface area contributed by atoms with Crippen LogP contribution in [0, 0.1) is 6.92 Å². The number of rotatable bonds is 2. The average molecular weight is 273 g/mol. The molecule has 1 heterocycles. The van der Waals surface area contributed by atoms with Gasteiger partial charge in [-0.2, -0.15) is 0 Å². The van der Waals surface area contributed by atoms with E-state index in [1.54, 1.807) is 0 Å². The van der Waals surface area contributed by atoms with Crippen molar-refractivity contribution in [3.63, 3.8) is 0 Å². The lowest BCUT2D eigenvalue weighted by molar-refractivity contribution is 0.00868. The third-order valence-corrected chi connectivity index (χ3v) is 5.32. The van der Waals surface area contributed by atoms with Crippen LogP contribution in [0.1, 0.15) is 55.6 Å². The third-order valence-electron chi connectivity index (χ3n) is 5.32. The quantitative estimate of drug-likeness (QED) is 0.892. The zero-order valence-electron chi connectivity index (χ0n) is 12.6. The topological polar surface area (TPSA) is 23.5 Å². The van der Waals surface area contributed by atoms with Gasteiger partial charge < -0.3 is 5.11 Å². The van der Waals surface area contributed by atoms with Crippen LogP contribution in [0.4, 0.5) is 0 Å². The molecule has 0 aromatic heterocycles. The zero-order valence-corrected chi connectivity index (χ0v) is 12.6. The van der Waals surface area contributed by atoms with E-state index >= 15 is 0 Å². The number of hydrogen-bond acceptors (Lipinski definition) is 2. The monoisotopic (exact) mass is 273 g/mol. The molecular formula is C18H27NO. The first kappa shape index (κ1) is 14.1. The van der Waals surface area contributed by atoms with Crippen LogP contribution in [-0.2, 0) is 0 Å².